The molecule has 26 heavy (non-hydrogen) atoms. The van der Waals surface area contributed by atoms with E-state index in [1.165, 1.54) is 12.8 Å². The molecule has 2 heterocycles. The quantitative estimate of drug-likeness (QED) is 0.848. The van der Waals surface area contributed by atoms with Crippen LogP contribution >= 0.6 is 0 Å². The van der Waals surface area contributed by atoms with Crippen molar-refractivity contribution < 1.29 is 14.3 Å². The summed E-state index contributed by atoms with van der Waals surface area (Å²) in [5, 5.41) is 2.98. The number of hydrogen-bond donors (Lipinski definition) is 1. The second-order valence-electron chi connectivity index (χ2n) is 7.20. The summed E-state index contributed by atoms with van der Waals surface area (Å²) in [7, 11) is 0. The van der Waals surface area contributed by atoms with Gasteiger partial charge in [-0.25, -0.2) is 4.98 Å². The number of carbonyl (C=O) groups is 2. The maximum absolute atomic E-state index is 12.6. The summed E-state index contributed by atoms with van der Waals surface area (Å²) < 4.78 is 5.93. The summed E-state index contributed by atoms with van der Waals surface area (Å²) in [5.41, 5.74) is 0.963. The van der Waals surface area contributed by atoms with E-state index in [4.69, 9.17) is 4.74 Å². The van der Waals surface area contributed by atoms with Gasteiger partial charge in [-0.3, -0.25) is 9.59 Å². The number of piperidine rings is 1. The summed E-state index contributed by atoms with van der Waals surface area (Å²) in [6, 6.07) is 3.44. The first-order valence-corrected chi connectivity index (χ1v) is 9.86. The van der Waals surface area contributed by atoms with Crippen molar-refractivity contribution in [1.29, 1.82) is 0 Å². The van der Waals surface area contributed by atoms with Gasteiger partial charge in [0.1, 0.15) is 12.1 Å². The fourth-order valence-corrected chi connectivity index (χ4v) is 3.81. The number of carbonyl (C=O) groups excluding carboxylic acids is 2. The number of nitrogens with zero attached hydrogens (tertiary/aromatic N) is 2. The molecule has 1 saturated heterocycles. The van der Waals surface area contributed by atoms with E-state index in [0.29, 0.717) is 25.4 Å². The van der Waals surface area contributed by atoms with E-state index in [0.717, 1.165) is 37.7 Å². The number of hydrogen-bond acceptors (Lipinski definition) is 4. The summed E-state index contributed by atoms with van der Waals surface area (Å²) >= 11 is 0. The van der Waals surface area contributed by atoms with Gasteiger partial charge in [0.25, 0.3) is 0 Å². The van der Waals surface area contributed by atoms with Gasteiger partial charge in [0.2, 0.25) is 17.7 Å². The summed E-state index contributed by atoms with van der Waals surface area (Å²) in [6.45, 7) is 2.95. The van der Waals surface area contributed by atoms with E-state index in [9.17, 15) is 9.59 Å². The molecule has 0 spiro atoms. The van der Waals surface area contributed by atoms with E-state index in [1.54, 1.807) is 11.1 Å². The van der Waals surface area contributed by atoms with E-state index in [1.807, 2.05) is 19.1 Å². The average molecular weight is 359 g/mol. The second-order valence-corrected chi connectivity index (χ2v) is 7.20. The zero-order valence-electron chi connectivity index (χ0n) is 15.6. The van der Waals surface area contributed by atoms with Gasteiger partial charge in [-0.05, 0) is 56.6 Å². The molecule has 0 radical (unpaired) electrons. The number of rotatable bonds is 6. The predicted molar refractivity (Wildman–Crippen MR) is 98.6 cm³/mol. The Morgan fingerprint density at radius 2 is 2.00 bits per heavy atom. The lowest BCUT2D eigenvalue weighted by molar-refractivity contribution is -0.142. The fourth-order valence-electron chi connectivity index (χ4n) is 3.81. The van der Waals surface area contributed by atoms with Crippen LogP contribution in [-0.2, 0) is 16.1 Å². The highest BCUT2D eigenvalue weighted by Gasteiger charge is 2.31. The topological polar surface area (TPSA) is 71.5 Å². The van der Waals surface area contributed by atoms with Crippen molar-refractivity contribution in [2.75, 3.05) is 6.54 Å². The Bertz CT molecular complexity index is 628. The average Bonchev–Trinajstić information content (AvgIpc) is 3.18. The Balaban J connectivity index is 1.55. The van der Waals surface area contributed by atoms with Crippen molar-refractivity contribution in [3.63, 3.8) is 0 Å². The van der Waals surface area contributed by atoms with Crippen molar-refractivity contribution in [1.82, 2.24) is 15.2 Å². The van der Waals surface area contributed by atoms with Crippen LogP contribution in [-0.4, -0.2) is 40.4 Å². The van der Waals surface area contributed by atoms with Crippen molar-refractivity contribution in [3.8, 4) is 5.88 Å². The highest BCUT2D eigenvalue weighted by Crippen LogP contribution is 2.23. The minimum Gasteiger partial charge on any atom is -0.474 e. The molecule has 6 nitrogen and oxygen atoms in total. The molecule has 2 amide bonds. The third kappa shape index (κ3) is 4.74. The highest BCUT2D eigenvalue weighted by atomic mass is 16.5. The Labute approximate surface area is 155 Å². The molecule has 1 saturated carbocycles. The molecule has 2 fully saturated rings. The Kier molecular flexibility index (Phi) is 6.47. The molecule has 142 valence electrons. The van der Waals surface area contributed by atoms with Crippen LogP contribution in [0.2, 0.25) is 0 Å². The number of aromatic nitrogens is 1. The summed E-state index contributed by atoms with van der Waals surface area (Å²) in [5.74, 6) is 0.617. The molecule has 1 unspecified atom stereocenters. The number of pyridine rings is 1. The Morgan fingerprint density at radius 1 is 1.23 bits per heavy atom. The van der Waals surface area contributed by atoms with Crippen LogP contribution in [0.15, 0.2) is 18.3 Å². The van der Waals surface area contributed by atoms with E-state index in [-0.39, 0.29) is 24.0 Å². The first-order valence-electron chi connectivity index (χ1n) is 9.86. The summed E-state index contributed by atoms with van der Waals surface area (Å²) in [4.78, 5) is 30.7. The highest BCUT2D eigenvalue weighted by molar-refractivity contribution is 5.87. The minimum absolute atomic E-state index is 0.0565. The van der Waals surface area contributed by atoms with E-state index in [2.05, 4.69) is 10.3 Å². The minimum atomic E-state index is -0.341. The lowest BCUT2D eigenvalue weighted by Gasteiger charge is -2.34. The van der Waals surface area contributed by atoms with Crippen molar-refractivity contribution in [3.05, 3.63) is 23.9 Å². The smallest absolute Gasteiger partial charge is 0.243 e. The number of amides is 2. The molecule has 0 aromatic carbocycles. The van der Waals surface area contributed by atoms with Crippen molar-refractivity contribution in [2.45, 2.75) is 77.0 Å². The maximum atomic E-state index is 12.6. The van der Waals surface area contributed by atoms with Crippen molar-refractivity contribution >= 4 is 11.8 Å². The number of likely N-dealkylation sites (tertiary alicyclic amines) is 1. The van der Waals surface area contributed by atoms with Gasteiger partial charge in [-0.15, -0.1) is 0 Å². The Hall–Kier alpha value is -2.11. The number of nitrogens with one attached hydrogen (secondary N) is 1. The SMILES string of the molecule is CCC(=O)N1CCCCC1C(=O)NCc1ccnc(OC2CCCC2)c1. The van der Waals surface area contributed by atoms with Crippen LogP contribution in [0.4, 0.5) is 0 Å². The lowest BCUT2D eigenvalue weighted by atomic mass is 10.0. The van der Waals surface area contributed by atoms with Crippen LogP contribution in [0.3, 0.4) is 0 Å². The first kappa shape index (κ1) is 18.7. The molecule has 3 rings (SSSR count). The van der Waals surface area contributed by atoms with Gasteiger partial charge in [0, 0.05) is 31.8 Å². The molecule has 1 aromatic rings. The molecule has 0 bridgehead atoms. The molecule has 1 N–H and O–H groups in total. The lowest BCUT2D eigenvalue weighted by Crippen LogP contribution is -2.51. The van der Waals surface area contributed by atoms with Gasteiger partial charge < -0.3 is 15.0 Å². The molecule has 6 heteroatoms. The zero-order valence-corrected chi connectivity index (χ0v) is 15.6. The van der Waals surface area contributed by atoms with Gasteiger partial charge in [-0.1, -0.05) is 6.92 Å². The van der Waals surface area contributed by atoms with Crippen molar-refractivity contribution in [2.24, 2.45) is 0 Å². The molecule has 1 aliphatic carbocycles. The normalized spacial score (nSPS) is 20.8. The van der Waals surface area contributed by atoms with E-state index >= 15 is 0 Å². The van der Waals surface area contributed by atoms with Gasteiger partial charge in [-0.2, -0.15) is 0 Å². The van der Waals surface area contributed by atoms with Crippen LogP contribution in [0.1, 0.15) is 63.9 Å². The standard InChI is InChI=1S/C20H29N3O3/c1-2-19(24)23-12-6-5-9-17(23)20(25)22-14-15-10-11-21-18(13-15)26-16-7-3-4-8-16/h10-11,13,16-17H,2-9,12,14H2,1H3,(H,22,25). The summed E-state index contributed by atoms with van der Waals surface area (Å²) in [6.07, 6.45) is 9.74. The maximum Gasteiger partial charge on any atom is 0.243 e. The van der Waals surface area contributed by atoms with Crippen LogP contribution in [0.5, 0.6) is 5.88 Å². The first-order chi connectivity index (χ1) is 12.7. The largest absolute Gasteiger partial charge is 0.474 e. The number of ether oxygens (including phenoxy) is 1. The fraction of sp³-hybridized carbons (Fsp3) is 0.650. The molecule has 2 aliphatic rings. The van der Waals surface area contributed by atoms with Gasteiger partial charge in [0.05, 0.1) is 0 Å². The Morgan fingerprint density at radius 3 is 2.77 bits per heavy atom. The van der Waals surface area contributed by atoms with Crippen LogP contribution in [0, 0.1) is 0 Å². The second kappa shape index (κ2) is 9.01. The molecule has 1 atom stereocenters. The third-order valence-corrected chi connectivity index (χ3v) is 5.28. The zero-order chi connectivity index (χ0) is 18.4. The van der Waals surface area contributed by atoms with Gasteiger partial charge in [0.15, 0.2) is 0 Å². The monoisotopic (exact) mass is 359 g/mol. The predicted octanol–water partition coefficient (Wildman–Crippen LogP) is 2.81. The van der Waals surface area contributed by atoms with E-state index < -0.39 is 0 Å². The molecule has 1 aromatic heterocycles. The van der Waals surface area contributed by atoms with Crippen LogP contribution < -0.4 is 10.1 Å². The molecule has 1 aliphatic heterocycles. The third-order valence-electron chi connectivity index (χ3n) is 5.28. The van der Waals surface area contributed by atoms with Gasteiger partial charge >= 0.3 is 0 Å². The van der Waals surface area contributed by atoms with Crippen LogP contribution in [0.25, 0.3) is 0 Å². The molecular weight excluding hydrogens is 330 g/mol. The molecular formula is C20H29N3O3.